The second-order valence-corrected chi connectivity index (χ2v) is 9.50. The Morgan fingerprint density at radius 1 is 1.21 bits per heavy atom. The van der Waals surface area contributed by atoms with Gasteiger partial charge in [0.05, 0.1) is 12.8 Å². The van der Waals surface area contributed by atoms with Crippen LogP contribution in [-0.4, -0.2) is 68.6 Å². The molecule has 2 heterocycles. The van der Waals surface area contributed by atoms with Gasteiger partial charge in [-0.05, 0) is 38.2 Å². The van der Waals surface area contributed by atoms with Crippen LogP contribution in [0.15, 0.2) is 40.9 Å². The summed E-state index contributed by atoms with van der Waals surface area (Å²) in [7, 11) is -3.15. The first kappa shape index (κ1) is 20.9. The molecule has 1 N–H and O–H groups in total. The quantitative estimate of drug-likeness (QED) is 0.605. The Labute approximate surface area is 169 Å². The predicted molar refractivity (Wildman–Crippen MR) is 116 cm³/mol. The van der Waals surface area contributed by atoms with Crippen molar-refractivity contribution in [3.63, 3.8) is 0 Å². The normalized spacial score (nSPS) is 21.8. The molecule has 6 nitrogen and oxygen atoms in total. The Morgan fingerprint density at radius 3 is 2.57 bits per heavy atom. The third-order valence-electron chi connectivity index (χ3n) is 5.41. The van der Waals surface area contributed by atoms with E-state index in [9.17, 15) is 8.42 Å². The van der Waals surface area contributed by atoms with Crippen molar-refractivity contribution >= 4 is 22.1 Å². The molecule has 2 aliphatic heterocycles. The lowest BCUT2D eigenvalue weighted by molar-refractivity contribution is 0.367. The number of benzene rings is 1. The third kappa shape index (κ3) is 5.58. The van der Waals surface area contributed by atoms with Crippen LogP contribution in [0.5, 0.6) is 0 Å². The van der Waals surface area contributed by atoms with Crippen molar-refractivity contribution in [2.75, 3.05) is 39.0 Å². The van der Waals surface area contributed by atoms with Crippen LogP contribution in [0, 0.1) is 0 Å². The minimum atomic E-state index is -3.15. The fourth-order valence-electron chi connectivity index (χ4n) is 3.98. The molecule has 0 aromatic heterocycles. The van der Waals surface area contributed by atoms with Gasteiger partial charge in [-0.1, -0.05) is 42.0 Å². The van der Waals surface area contributed by atoms with E-state index in [1.807, 2.05) is 6.07 Å². The highest BCUT2D eigenvalue weighted by Gasteiger charge is 2.31. The molecule has 154 valence electrons. The van der Waals surface area contributed by atoms with Gasteiger partial charge in [0.2, 0.25) is 10.0 Å². The molecule has 2 saturated heterocycles. The third-order valence-corrected chi connectivity index (χ3v) is 6.74. The first-order valence-electron chi connectivity index (χ1n) is 10.2. The van der Waals surface area contributed by atoms with E-state index in [0.717, 1.165) is 51.3 Å². The van der Waals surface area contributed by atoms with E-state index in [-0.39, 0.29) is 6.04 Å². The smallest absolute Gasteiger partial charge is 0.211 e. The van der Waals surface area contributed by atoms with Gasteiger partial charge in [0.25, 0.3) is 0 Å². The van der Waals surface area contributed by atoms with Crippen molar-refractivity contribution in [2.24, 2.45) is 4.99 Å². The van der Waals surface area contributed by atoms with E-state index in [1.54, 1.807) is 4.31 Å². The van der Waals surface area contributed by atoms with Crippen LogP contribution in [0.4, 0.5) is 0 Å². The molecule has 0 radical (unpaired) electrons. The summed E-state index contributed by atoms with van der Waals surface area (Å²) in [5.74, 6) is 0.904. The molecule has 3 rings (SSSR count). The first-order chi connectivity index (χ1) is 13.5. The number of hydrogen-bond acceptors (Lipinski definition) is 3. The number of nitrogens with zero attached hydrogens (tertiary/aromatic N) is 3. The van der Waals surface area contributed by atoms with Crippen LogP contribution in [0.3, 0.4) is 0 Å². The van der Waals surface area contributed by atoms with Crippen LogP contribution in [0.1, 0.15) is 38.2 Å². The lowest BCUT2D eigenvalue weighted by atomic mass is 10.0. The van der Waals surface area contributed by atoms with E-state index in [1.165, 1.54) is 17.4 Å². The number of nitrogens with one attached hydrogen (secondary N) is 1. The van der Waals surface area contributed by atoms with E-state index >= 15 is 0 Å². The highest BCUT2D eigenvalue weighted by Crippen LogP contribution is 2.22. The molecule has 1 aromatic carbocycles. The van der Waals surface area contributed by atoms with Gasteiger partial charge in [-0.3, -0.25) is 4.99 Å². The lowest BCUT2D eigenvalue weighted by Gasteiger charge is -2.32. The number of hydrogen-bond donors (Lipinski definition) is 1. The minimum absolute atomic E-state index is 0.0121. The molecule has 0 spiro atoms. The molecule has 28 heavy (non-hydrogen) atoms. The number of sulfonamides is 1. The van der Waals surface area contributed by atoms with Gasteiger partial charge in [-0.15, -0.1) is 0 Å². The zero-order chi connectivity index (χ0) is 20.0. The van der Waals surface area contributed by atoms with Gasteiger partial charge in [0, 0.05) is 32.2 Å². The standard InChI is InChI=1S/C21H32N4O2S/c1-3-22-21(23-17-20-10-7-13-25(20)28(2,26)27)24-14-11-19(12-15-24)16-18-8-5-4-6-9-18/h4-6,8-9,16,20H,3,7,10-15,17H2,1-2H3,(H,22,23)/t20-/m1/s1. The zero-order valence-electron chi connectivity index (χ0n) is 17.0. The molecule has 2 fully saturated rings. The number of guanidine groups is 1. The zero-order valence-corrected chi connectivity index (χ0v) is 17.8. The Morgan fingerprint density at radius 2 is 1.93 bits per heavy atom. The molecule has 1 aromatic rings. The molecule has 2 aliphatic rings. The average Bonchev–Trinajstić information content (AvgIpc) is 3.16. The van der Waals surface area contributed by atoms with E-state index < -0.39 is 10.0 Å². The summed E-state index contributed by atoms with van der Waals surface area (Å²) in [6.07, 6.45) is 7.45. The van der Waals surface area contributed by atoms with Gasteiger partial charge < -0.3 is 10.2 Å². The highest BCUT2D eigenvalue weighted by atomic mass is 32.2. The Kier molecular flexibility index (Phi) is 7.13. The second kappa shape index (κ2) is 9.56. The summed E-state index contributed by atoms with van der Waals surface area (Å²) in [6, 6.07) is 10.4. The molecular formula is C21H32N4O2S. The largest absolute Gasteiger partial charge is 0.357 e. The maximum atomic E-state index is 11.9. The molecule has 0 amide bonds. The highest BCUT2D eigenvalue weighted by molar-refractivity contribution is 7.88. The van der Waals surface area contributed by atoms with Gasteiger partial charge in [-0.2, -0.15) is 4.31 Å². The van der Waals surface area contributed by atoms with E-state index in [4.69, 9.17) is 4.99 Å². The van der Waals surface area contributed by atoms with Gasteiger partial charge in [0.1, 0.15) is 0 Å². The van der Waals surface area contributed by atoms with Crippen molar-refractivity contribution in [3.8, 4) is 0 Å². The molecule has 0 bridgehead atoms. The topological polar surface area (TPSA) is 65.0 Å². The Bertz CT molecular complexity index is 795. The van der Waals surface area contributed by atoms with Crippen molar-refractivity contribution in [3.05, 3.63) is 41.5 Å². The fourth-order valence-corrected chi connectivity index (χ4v) is 5.16. The van der Waals surface area contributed by atoms with Crippen molar-refractivity contribution in [1.29, 1.82) is 0 Å². The van der Waals surface area contributed by atoms with E-state index in [0.29, 0.717) is 13.1 Å². The maximum absolute atomic E-state index is 11.9. The number of piperidine rings is 1. The Hall–Kier alpha value is -1.86. The van der Waals surface area contributed by atoms with Crippen LogP contribution in [-0.2, 0) is 10.0 Å². The molecule has 1 atom stereocenters. The van der Waals surface area contributed by atoms with Crippen molar-refractivity contribution in [2.45, 2.75) is 38.6 Å². The first-order valence-corrected chi connectivity index (χ1v) is 12.1. The molecule has 0 aliphatic carbocycles. The molecular weight excluding hydrogens is 372 g/mol. The lowest BCUT2D eigenvalue weighted by Crippen LogP contribution is -2.45. The van der Waals surface area contributed by atoms with E-state index in [2.05, 4.69) is 47.5 Å². The summed E-state index contributed by atoms with van der Waals surface area (Å²) in [4.78, 5) is 7.10. The Balaban J connectivity index is 1.61. The summed E-state index contributed by atoms with van der Waals surface area (Å²) in [5.41, 5.74) is 2.73. The summed E-state index contributed by atoms with van der Waals surface area (Å²) in [6.45, 7) is 5.89. The minimum Gasteiger partial charge on any atom is -0.357 e. The molecule has 0 saturated carbocycles. The number of rotatable bonds is 5. The average molecular weight is 405 g/mol. The molecule has 7 heteroatoms. The summed E-state index contributed by atoms with van der Waals surface area (Å²) < 4.78 is 25.5. The van der Waals surface area contributed by atoms with Gasteiger partial charge >= 0.3 is 0 Å². The SMILES string of the molecule is CCNC(=NC[C@H]1CCCN1S(C)(=O)=O)N1CCC(=Cc2ccccc2)CC1. The van der Waals surface area contributed by atoms with Crippen LogP contribution < -0.4 is 5.32 Å². The second-order valence-electron chi connectivity index (χ2n) is 7.56. The van der Waals surface area contributed by atoms with Crippen LogP contribution in [0.2, 0.25) is 0 Å². The molecule has 0 unspecified atom stereocenters. The fraction of sp³-hybridized carbons (Fsp3) is 0.571. The monoisotopic (exact) mass is 404 g/mol. The maximum Gasteiger partial charge on any atom is 0.211 e. The van der Waals surface area contributed by atoms with Crippen LogP contribution in [0.25, 0.3) is 6.08 Å². The predicted octanol–water partition coefficient (Wildman–Crippen LogP) is 2.56. The van der Waals surface area contributed by atoms with Crippen molar-refractivity contribution in [1.82, 2.24) is 14.5 Å². The van der Waals surface area contributed by atoms with Gasteiger partial charge in [0.15, 0.2) is 5.96 Å². The van der Waals surface area contributed by atoms with Crippen molar-refractivity contribution < 1.29 is 8.42 Å². The van der Waals surface area contributed by atoms with Crippen LogP contribution >= 0.6 is 0 Å². The number of aliphatic imine (C=N–C) groups is 1. The summed E-state index contributed by atoms with van der Waals surface area (Å²) >= 11 is 0. The van der Waals surface area contributed by atoms with Gasteiger partial charge in [-0.25, -0.2) is 8.42 Å². The number of likely N-dealkylation sites (tertiary alicyclic amines) is 1. The summed E-state index contributed by atoms with van der Waals surface area (Å²) in [5, 5.41) is 3.38.